The highest BCUT2D eigenvalue weighted by atomic mass is 14.8. The van der Waals surface area contributed by atoms with Gasteiger partial charge < -0.3 is 5.73 Å². The Morgan fingerprint density at radius 2 is 2.06 bits per heavy atom. The van der Waals surface area contributed by atoms with E-state index in [1.165, 1.54) is 29.5 Å². The molecule has 0 radical (unpaired) electrons. The summed E-state index contributed by atoms with van der Waals surface area (Å²) in [7, 11) is 0. The van der Waals surface area contributed by atoms with Crippen molar-refractivity contribution in [2.45, 2.75) is 52.0 Å². The van der Waals surface area contributed by atoms with Gasteiger partial charge in [0.15, 0.2) is 0 Å². The van der Waals surface area contributed by atoms with Crippen molar-refractivity contribution >= 4 is 0 Å². The zero-order valence-electron chi connectivity index (χ0n) is 10.7. The van der Waals surface area contributed by atoms with Crippen molar-refractivity contribution in [3.05, 3.63) is 34.9 Å². The molecule has 0 aliphatic heterocycles. The summed E-state index contributed by atoms with van der Waals surface area (Å²) >= 11 is 0. The van der Waals surface area contributed by atoms with Crippen LogP contribution in [0.5, 0.6) is 0 Å². The maximum Gasteiger partial charge on any atom is 0.0414 e. The minimum atomic E-state index is -0.0756. The number of hydrogen-bond donors (Lipinski definition) is 1. The average Bonchev–Trinajstić information content (AvgIpc) is 2.21. The second-order valence-electron chi connectivity index (χ2n) is 5.61. The van der Waals surface area contributed by atoms with E-state index in [0.29, 0.717) is 0 Å². The third-order valence-corrected chi connectivity index (χ3v) is 4.17. The minimum Gasteiger partial charge on any atom is -0.321 e. The van der Waals surface area contributed by atoms with Gasteiger partial charge in [0, 0.05) is 5.54 Å². The third-order valence-electron chi connectivity index (χ3n) is 4.17. The second-order valence-corrected chi connectivity index (χ2v) is 5.61. The first kappa shape index (κ1) is 11.7. The summed E-state index contributed by atoms with van der Waals surface area (Å²) in [4.78, 5) is 0. The van der Waals surface area contributed by atoms with Gasteiger partial charge in [-0.3, -0.25) is 0 Å². The van der Waals surface area contributed by atoms with Crippen LogP contribution in [0.1, 0.15) is 49.3 Å². The molecule has 1 nitrogen and oxygen atoms in total. The van der Waals surface area contributed by atoms with Crippen LogP contribution < -0.4 is 5.73 Å². The van der Waals surface area contributed by atoms with Gasteiger partial charge in [-0.25, -0.2) is 0 Å². The SMILES string of the molecule is Cc1cccc(C2(N)CCCC(C)C2)c1C. The molecule has 1 aromatic rings. The van der Waals surface area contributed by atoms with Crippen LogP contribution in [0.3, 0.4) is 0 Å². The highest BCUT2D eigenvalue weighted by molar-refractivity contribution is 5.38. The second kappa shape index (κ2) is 4.21. The Balaban J connectivity index is 2.38. The van der Waals surface area contributed by atoms with Crippen molar-refractivity contribution in [2.24, 2.45) is 11.7 Å². The maximum absolute atomic E-state index is 6.64. The standard InChI is InChI=1S/C15H23N/c1-11-6-5-9-15(16,10-11)14-8-4-7-12(2)13(14)3/h4,7-8,11H,5-6,9-10,16H2,1-3H3. The maximum atomic E-state index is 6.64. The highest BCUT2D eigenvalue weighted by Crippen LogP contribution is 2.39. The quantitative estimate of drug-likeness (QED) is 0.763. The van der Waals surface area contributed by atoms with E-state index in [1.54, 1.807) is 0 Å². The van der Waals surface area contributed by atoms with Gasteiger partial charge in [-0.15, -0.1) is 0 Å². The molecule has 0 aromatic heterocycles. The fourth-order valence-corrected chi connectivity index (χ4v) is 3.13. The average molecular weight is 217 g/mol. The lowest BCUT2D eigenvalue weighted by Gasteiger charge is -2.38. The fourth-order valence-electron chi connectivity index (χ4n) is 3.13. The van der Waals surface area contributed by atoms with Crippen LogP contribution in [0.2, 0.25) is 0 Å². The van der Waals surface area contributed by atoms with E-state index in [0.717, 1.165) is 18.8 Å². The van der Waals surface area contributed by atoms with Crippen molar-refractivity contribution in [1.82, 2.24) is 0 Å². The predicted octanol–water partition coefficient (Wildman–Crippen LogP) is 3.67. The molecule has 0 amide bonds. The topological polar surface area (TPSA) is 26.0 Å². The molecule has 2 unspecified atom stereocenters. The van der Waals surface area contributed by atoms with Gasteiger partial charge in [0.25, 0.3) is 0 Å². The van der Waals surface area contributed by atoms with Crippen LogP contribution in [0.15, 0.2) is 18.2 Å². The van der Waals surface area contributed by atoms with Gasteiger partial charge >= 0.3 is 0 Å². The molecule has 1 saturated carbocycles. The summed E-state index contributed by atoms with van der Waals surface area (Å²) in [6.07, 6.45) is 4.88. The first-order valence-corrected chi connectivity index (χ1v) is 6.38. The molecule has 0 heterocycles. The minimum absolute atomic E-state index is 0.0756. The summed E-state index contributed by atoms with van der Waals surface area (Å²) < 4.78 is 0. The third kappa shape index (κ3) is 2.01. The van der Waals surface area contributed by atoms with E-state index < -0.39 is 0 Å². The zero-order valence-corrected chi connectivity index (χ0v) is 10.7. The number of rotatable bonds is 1. The largest absolute Gasteiger partial charge is 0.321 e. The summed E-state index contributed by atoms with van der Waals surface area (Å²) in [5.74, 6) is 0.763. The van der Waals surface area contributed by atoms with E-state index in [4.69, 9.17) is 5.73 Å². The first-order chi connectivity index (χ1) is 7.53. The molecule has 0 saturated heterocycles. The first-order valence-electron chi connectivity index (χ1n) is 6.38. The summed E-state index contributed by atoms with van der Waals surface area (Å²) in [6.45, 7) is 6.71. The van der Waals surface area contributed by atoms with E-state index in [9.17, 15) is 0 Å². The lowest BCUT2D eigenvalue weighted by molar-refractivity contribution is 0.238. The summed E-state index contributed by atoms with van der Waals surface area (Å²) in [5.41, 5.74) is 10.7. The van der Waals surface area contributed by atoms with Gasteiger partial charge in [0.1, 0.15) is 0 Å². The lowest BCUT2D eigenvalue weighted by Crippen LogP contribution is -2.41. The Labute approximate surface area is 99.0 Å². The van der Waals surface area contributed by atoms with Crippen LogP contribution in [0.4, 0.5) is 0 Å². The predicted molar refractivity (Wildman–Crippen MR) is 69.4 cm³/mol. The smallest absolute Gasteiger partial charge is 0.0414 e. The molecular weight excluding hydrogens is 194 g/mol. The van der Waals surface area contributed by atoms with Gasteiger partial charge in [0.2, 0.25) is 0 Å². The molecule has 1 fully saturated rings. The zero-order chi connectivity index (χ0) is 11.8. The Morgan fingerprint density at radius 3 is 2.75 bits per heavy atom. The van der Waals surface area contributed by atoms with Crippen molar-refractivity contribution in [1.29, 1.82) is 0 Å². The molecule has 16 heavy (non-hydrogen) atoms. The van der Waals surface area contributed by atoms with Gasteiger partial charge in [0.05, 0.1) is 0 Å². The molecular formula is C15H23N. The molecule has 2 rings (SSSR count). The van der Waals surface area contributed by atoms with Crippen molar-refractivity contribution in [3.8, 4) is 0 Å². The Hall–Kier alpha value is -0.820. The number of nitrogens with two attached hydrogens (primary N) is 1. The van der Waals surface area contributed by atoms with E-state index in [2.05, 4.69) is 39.0 Å². The van der Waals surface area contributed by atoms with Crippen LogP contribution >= 0.6 is 0 Å². The fraction of sp³-hybridized carbons (Fsp3) is 0.600. The molecule has 2 N–H and O–H groups in total. The molecule has 2 atom stereocenters. The number of benzene rings is 1. The van der Waals surface area contributed by atoms with Gasteiger partial charge in [-0.2, -0.15) is 0 Å². The van der Waals surface area contributed by atoms with Crippen LogP contribution in [-0.4, -0.2) is 0 Å². The summed E-state index contributed by atoms with van der Waals surface area (Å²) in [6, 6.07) is 6.54. The van der Waals surface area contributed by atoms with Gasteiger partial charge in [-0.1, -0.05) is 38.0 Å². The molecule has 88 valence electrons. The van der Waals surface area contributed by atoms with Crippen molar-refractivity contribution in [2.75, 3.05) is 0 Å². The van der Waals surface area contributed by atoms with Crippen LogP contribution in [0.25, 0.3) is 0 Å². The number of aryl methyl sites for hydroxylation is 1. The molecule has 1 aliphatic carbocycles. The Kier molecular flexibility index (Phi) is 3.07. The molecule has 1 aromatic carbocycles. The molecule has 0 spiro atoms. The Morgan fingerprint density at radius 1 is 1.31 bits per heavy atom. The van der Waals surface area contributed by atoms with Crippen LogP contribution in [-0.2, 0) is 5.54 Å². The van der Waals surface area contributed by atoms with Gasteiger partial charge in [-0.05, 0) is 49.3 Å². The molecule has 0 bridgehead atoms. The monoisotopic (exact) mass is 217 g/mol. The number of hydrogen-bond acceptors (Lipinski definition) is 1. The molecule has 1 heteroatoms. The normalized spacial score (nSPS) is 30.4. The Bertz CT molecular complexity index is 383. The van der Waals surface area contributed by atoms with E-state index >= 15 is 0 Å². The van der Waals surface area contributed by atoms with Crippen LogP contribution in [0, 0.1) is 19.8 Å². The highest BCUT2D eigenvalue weighted by Gasteiger charge is 2.33. The summed E-state index contributed by atoms with van der Waals surface area (Å²) in [5, 5.41) is 0. The van der Waals surface area contributed by atoms with Crippen molar-refractivity contribution < 1.29 is 0 Å². The van der Waals surface area contributed by atoms with E-state index in [1.807, 2.05) is 0 Å². The molecule has 1 aliphatic rings. The lowest BCUT2D eigenvalue weighted by atomic mass is 9.71. The van der Waals surface area contributed by atoms with E-state index in [-0.39, 0.29) is 5.54 Å². The van der Waals surface area contributed by atoms with Crippen molar-refractivity contribution in [3.63, 3.8) is 0 Å².